The van der Waals surface area contributed by atoms with Crippen molar-refractivity contribution in [1.29, 1.82) is 0 Å². The second kappa shape index (κ2) is 8.79. The number of rotatable bonds is 6. The number of thiazole rings is 1. The molecule has 1 N–H and O–H groups in total. The molecule has 3 rings (SSSR count). The summed E-state index contributed by atoms with van der Waals surface area (Å²) >= 11 is 7.45. The Morgan fingerprint density at radius 3 is 2.92 bits per heavy atom. The van der Waals surface area contributed by atoms with Crippen molar-refractivity contribution in [3.63, 3.8) is 0 Å². The lowest BCUT2D eigenvalue weighted by atomic mass is 10.0. The standard InChI is InChI=1S/C19H24ClN3OS/c1-14-4-2-3-11-23(14)13-17-12-21-19(25-17)22-18(24)10-7-15-5-8-16(20)9-6-15/h5-6,8-9,12,14H,2-4,7,10-11,13H2,1H3,(H,21,22,24). The van der Waals surface area contributed by atoms with Crippen LogP contribution < -0.4 is 5.32 Å². The topological polar surface area (TPSA) is 45.2 Å². The third kappa shape index (κ3) is 5.53. The Kier molecular flexibility index (Phi) is 6.45. The van der Waals surface area contributed by atoms with Gasteiger partial charge in [0.25, 0.3) is 0 Å². The SMILES string of the molecule is CC1CCCCN1Cc1cnc(NC(=O)CCc2ccc(Cl)cc2)s1. The predicted octanol–water partition coefficient (Wildman–Crippen LogP) is 4.74. The van der Waals surface area contributed by atoms with Gasteiger partial charge in [0, 0.05) is 35.1 Å². The van der Waals surface area contributed by atoms with Gasteiger partial charge in [0.05, 0.1) is 0 Å². The Morgan fingerprint density at radius 2 is 2.16 bits per heavy atom. The molecule has 2 aromatic rings. The van der Waals surface area contributed by atoms with Gasteiger partial charge in [0.2, 0.25) is 5.91 Å². The zero-order valence-corrected chi connectivity index (χ0v) is 16.1. The molecule has 1 aliphatic heterocycles. The number of amides is 1. The highest BCUT2D eigenvalue weighted by Gasteiger charge is 2.19. The van der Waals surface area contributed by atoms with E-state index >= 15 is 0 Å². The summed E-state index contributed by atoms with van der Waals surface area (Å²) in [5.74, 6) is 0.00203. The van der Waals surface area contributed by atoms with Crippen molar-refractivity contribution in [2.75, 3.05) is 11.9 Å². The second-order valence-electron chi connectivity index (χ2n) is 6.62. The molecular formula is C19H24ClN3OS. The van der Waals surface area contributed by atoms with Crippen LogP contribution in [-0.2, 0) is 17.8 Å². The fourth-order valence-corrected chi connectivity index (χ4v) is 4.10. The van der Waals surface area contributed by atoms with E-state index in [4.69, 9.17) is 11.6 Å². The molecule has 0 saturated carbocycles. The summed E-state index contributed by atoms with van der Waals surface area (Å²) in [7, 11) is 0. The molecule has 1 aromatic carbocycles. The number of aromatic nitrogens is 1. The number of halogens is 1. The van der Waals surface area contributed by atoms with Crippen molar-refractivity contribution in [3.8, 4) is 0 Å². The quantitative estimate of drug-likeness (QED) is 0.790. The van der Waals surface area contributed by atoms with Crippen LogP contribution in [0.4, 0.5) is 5.13 Å². The molecule has 1 unspecified atom stereocenters. The number of carbonyl (C=O) groups excluding carboxylic acids is 1. The summed E-state index contributed by atoms with van der Waals surface area (Å²) in [6.07, 6.45) is 6.91. The number of hydrogen-bond acceptors (Lipinski definition) is 4. The molecule has 1 fully saturated rings. The van der Waals surface area contributed by atoms with Crippen molar-refractivity contribution in [3.05, 3.63) is 45.9 Å². The number of piperidine rings is 1. The Labute approximate surface area is 158 Å². The fourth-order valence-electron chi connectivity index (χ4n) is 3.12. The number of carbonyl (C=O) groups is 1. The normalized spacial score (nSPS) is 18.2. The van der Waals surface area contributed by atoms with Crippen LogP contribution in [0.15, 0.2) is 30.5 Å². The van der Waals surface area contributed by atoms with Gasteiger partial charge in [0.1, 0.15) is 0 Å². The smallest absolute Gasteiger partial charge is 0.226 e. The number of anilines is 1. The first-order valence-corrected chi connectivity index (χ1v) is 10.0. The Bertz CT molecular complexity index is 701. The molecule has 1 saturated heterocycles. The highest BCUT2D eigenvalue weighted by atomic mass is 35.5. The van der Waals surface area contributed by atoms with Gasteiger partial charge >= 0.3 is 0 Å². The molecule has 6 heteroatoms. The van der Waals surface area contributed by atoms with Crippen molar-refractivity contribution in [2.45, 2.75) is 51.6 Å². The summed E-state index contributed by atoms with van der Waals surface area (Å²) in [6, 6.07) is 8.24. The van der Waals surface area contributed by atoms with Crippen LogP contribution in [0.5, 0.6) is 0 Å². The molecule has 4 nitrogen and oxygen atoms in total. The van der Waals surface area contributed by atoms with Crippen LogP contribution >= 0.6 is 22.9 Å². The number of aryl methyl sites for hydroxylation is 1. The first-order chi connectivity index (χ1) is 12.1. The number of benzene rings is 1. The van der Waals surface area contributed by atoms with Gasteiger partial charge in [-0.25, -0.2) is 4.98 Å². The Balaban J connectivity index is 1.47. The van der Waals surface area contributed by atoms with Crippen LogP contribution in [0.2, 0.25) is 5.02 Å². The van der Waals surface area contributed by atoms with E-state index in [1.165, 1.54) is 24.1 Å². The summed E-state index contributed by atoms with van der Waals surface area (Å²) in [6.45, 7) is 4.38. The molecule has 1 aliphatic rings. The molecule has 1 amide bonds. The summed E-state index contributed by atoms with van der Waals surface area (Å²) in [5.41, 5.74) is 1.11. The number of hydrogen-bond donors (Lipinski definition) is 1. The van der Waals surface area contributed by atoms with Gasteiger partial charge in [-0.05, 0) is 50.4 Å². The van der Waals surface area contributed by atoms with Gasteiger partial charge in [-0.2, -0.15) is 0 Å². The first kappa shape index (κ1) is 18.4. The van der Waals surface area contributed by atoms with Crippen LogP contribution in [0.25, 0.3) is 0 Å². The highest BCUT2D eigenvalue weighted by Crippen LogP contribution is 2.24. The lowest BCUT2D eigenvalue weighted by molar-refractivity contribution is -0.116. The van der Waals surface area contributed by atoms with E-state index in [2.05, 4.69) is 22.1 Å². The zero-order chi connectivity index (χ0) is 17.6. The van der Waals surface area contributed by atoms with Gasteiger partial charge in [-0.1, -0.05) is 30.2 Å². The maximum absolute atomic E-state index is 12.1. The van der Waals surface area contributed by atoms with E-state index in [1.54, 1.807) is 11.3 Å². The molecule has 0 radical (unpaired) electrons. The number of nitrogens with one attached hydrogen (secondary N) is 1. The third-order valence-electron chi connectivity index (χ3n) is 4.65. The molecule has 2 heterocycles. The first-order valence-electron chi connectivity index (χ1n) is 8.83. The summed E-state index contributed by atoms with van der Waals surface area (Å²) in [4.78, 5) is 20.2. The Hall–Kier alpha value is -1.43. The molecular weight excluding hydrogens is 354 g/mol. The van der Waals surface area contributed by atoms with E-state index in [1.807, 2.05) is 30.5 Å². The number of nitrogens with zero attached hydrogens (tertiary/aromatic N) is 2. The van der Waals surface area contributed by atoms with Crippen molar-refractivity contribution < 1.29 is 4.79 Å². The van der Waals surface area contributed by atoms with E-state index in [9.17, 15) is 4.79 Å². The lowest BCUT2D eigenvalue weighted by Crippen LogP contribution is -2.36. The average molecular weight is 378 g/mol. The van der Waals surface area contributed by atoms with E-state index < -0.39 is 0 Å². The molecule has 1 atom stereocenters. The second-order valence-corrected chi connectivity index (χ2v) is 8.17. The average Bonchev–Trinajstić information content (AvgIpc) is 3.03. The van der Waals surface area contributed by atoms with Crippen molar-refractivity contribution >= 4 is 34.0 Å². The summed E-state index contributed by atoms with van der Waals surface area (Å²) in [5, 5.41) is 4.33. The minimum absolute atomic E-state index is 0.00203. The maximum atomic E-state index is 12.1. The third-order valence-corrected chi connectivity index (χ3v) is 5.80. The van der Waals surface area contributed by atoms with Crippen LogP contribution in [-0.4, -0.2) is 28.4 Å². The molecule has 0 bridgehead atoms. The zero-order valence-electron chi connectivity index (χ0n) is 14.5. The molecule has 0 spiro atoms. The highest BCUT2D eigenvalue weighted by molar-refractivity contribution is 7.15. The lowest BCUT2D eigenvalue weighted by Gasteiger charge is -2.32. The van der Waals surface area contributed by atoms with Crippen LogP contribution in [0.3, 0.4) is 0 Å². The monoisotopic (exact) mass is 377 g/mol. The van der Waals surface area contributed by atoms with Gasteiger partial charge in [-0.15, -0.1) is 11.3 Å². The minimum Gasteiger partial charge on any atom is -0.302 e. The van der Waals surface area contributed by atoms with Gasteiger partial charge in [0.15, 0.2) is 5.13 Å². The summed E-state index contributed by atoms with van der Waals surface area (Å²) < 4.78 is 0. The van der Waals surface area contributed by atoms with Crippen molar-refractivity contribution in [1.82, 2.24) is 9.88 Å². The minimum atomic E-state index is 0.00203. The molecule has 1 aromatic heterocycles. The maximum Gasteiger partial charge on any atom is 0.226 e. The van der Waals surface area contributed by atoms with E-state index in [0.717, 1.165) is 18.7 Å². The van der Waals surface area contributed by atoms with E-state index in [0.29, 0.717) is 29.0 Å². The molecule has 134 valence electrons. The van der Waals surface area contributed by atoms with Crippen LogP contribution in [0, 0.1) is 0 Å². The molecule has 0 aliphatic carbocycles. The van der Waals surface area contributed by atoms with Crippen LogP contribution in [0.1, 0.15) is 43.0 Å². The Morgan fingerprint density at radius 1 is 1.36 bits per heavy atom. The van der Waals surface area contributed by atoms with Gasteiger partial charge in [-0.3, -0.25) is 9.69 Å². The fraction of sp³-hybridized carbons (Fsp3) is 0.474. The molecule has 25 heavy (non-hydrogen) atoms. The predicted molar refractivity (Wildman–Crippen MR) is 104 cm³/mol. The van der Waals surface area contributed by atoms with Crippen molar-refractivity contribution in [2.24, 2.45) is 0 Å². The van der Waals surface area contributed by atoms with E-state index in [-0.39, 0.29) is 5.91 Å². The number of likely N-dealkylation sites (tertiary alicyclic amines) is 1. The van der Waals surface area contributed by atoms with Gasteiger partial charge < -0.3 is 5.32 Å². The largest absolute Gasteiger partial charge is 0.302 e.